The zero-order valence-corrected chi connectivity index (χ0v) is 16.3. The minimum Gasteiger partial charge on any atom is -0.375 e. The number of fused-ring (bicyclic) bond motifs is 1. The topological polar surface area (TPSA) is 108 Å². The number of halogens is 1. The fraction of sp³-hybridized carbons (Fsp3) is 0.333. The van der Waals surface area contributed by atoms with Gasteiger partial charge in [-0.2, -0.15) is 4.31 Å². The molecule has 4 heterocycles. The molecule has 0 bridgehead atoms. The molecule has 0 amide bonds. The summed E-state index contributed by atoms with van der Waals surface area (Å²) in [7, 11) is -3.53. The lowest BCUT2D eigenvalue weighted by atomic mass is 10.3. The Balaban J connectivity index is 0.00000196. The number of thiazole rings is 1. The van der Waals surface area contributed by atoms with Gasteiger partial charge in [0.25, 0.3) is 0 Å². The average molecular weight is 415 g/mol. The number of sulfonamides is 1. The van der Waals surface area contributed by atoms with Crippen molar-refractivity contribution in [1.82, 2.24) is 24.2 Å². The molecule has 3 aromatic heterocycles. The minimum absolute atomic E-state index is 0. The van der Waals surface area contributed by atoms with Gasteiger partial charge in [-0.15, -0.1) is 23.7 Å². The van der Waals surface area contributed by atoms with E-state index in [2.05, 4.69) is 19.9 Å². The fourth-order valence-corrected chi connectivity index (χ4v) is 5.33. The van der Waals surface area contributed by atoms with Crippen LogP contribution < -0.4 is 5.73 Å². The van der Waals surface area contributed by atoms with Crippen molar-refractivity contribution in [2.45, 2.75) is 11.4 Å². The van der Waals surface area contributed by atoms with E-state index in [1.54, 1.807) is 28.8 Å². The number of H-pyrrole nitrogens is 1. The number of hydrogen-bond donors (Lipinski definition) is 2. The van der Waals surface area contributed by atoms with Crippen LogP contribution in [0, 0.1) is 0 Å². The largest absolute Gasteiger partial charge is 0.375 e. The first-order valence-corrected chi connectivity index (χ1v) is 10.1. The number of nitrogens with two attached hydrogens (primary N) is 1. The van der Waals surface area contributed by atoms with Gasteiger partial charge >= 0.3 is 0 Å². The molecule has 0 aromatic carbocycles. The predicted octanol–water partition coefficient (Wildman–Crippen LogP) is 1.53. The third kappa shape index (κ3) is 3.55. The zero-order valence-electron chi connectivity index (χ0n) is 13.8. The maximum Gasteiger partial charge on any atom is 0.245 e. The number of hydrogen-bond acceptors (Lipinski definition) is 7. The van der Waals surface area contributed by atoms with E-state index in [1.165, 1.54) is 17.5 Å². The number of anilines is 1. The van der Waals surface area contributed by atoms with Crippen molar-refractivity contribution in [3.63, 3.8) is 0 Å². The monoisotopic (exact) mass is 414 g/mol. The van der Waals surface area contributed by atoms with Crippen LogP contribution in [0.3, 0.4) is 0 Å². The van der Waals surface area contributed by atoms with Gasteiger partial charge in [-0.3, -0.25) is 4.90 Å². The summed E-state index contributed by atoms with van der Waals surface area (Å²) in [6.07, 6.45) is 4.95. The van der Waals surface area contributed by atoms with E-state index in [-0.39, 0.29) is 12.4 Å². The SMILES string of the molecule is Cl.Nc1ncc(CN2CCN(S(=O)(=O)c3c[nH]c4ncccc34)CC2)s1. The van der Waals surface area contributed by atoms with Gasteiger partial charge in [0.15, 0.2) is 5.13 Å². The van der Waals surface area contributed by atoms with E-state index >= 15 is 0 Å². The summed E-state index contributed by atoms with van der Waals surface area (Å²) < 4.78 is 27.5. The molecule has 0 saturated carbocycles. The molecule has 0 radical (unpaired) electrons. The van der Waals surface area contributed by atoms with Gasteiger partial charge < -0.3 is 10.7 Å². The average Bonchev–Trinajstić information content (AvgIpc) is 3.22. The van der Waals surface area contributed by atoms with Gasteiger partial charge in [-0.25, -0.2) is 18.4 Å². The van der Waals surface area contributed by atoms with Crippen LogP contribution in [-0.4, -0.2) is 58.8 Å². The summed E-state index contributed by atoms with van der Waals surface area (Å²) >= 11 is 1.47. The summed E-state index contributed by atoms with van der Waals surface area (Å²) in [5.41, 5.74) is 6.24. The molecule has 1 aliphatic heterocycles. The maximum absolute atomic E-state index is 13.0. The lowest BCUT2D eigenvalue weighted by Gasteiger charge is -2.33. The number of nitrogens with one attached hydrogen (secondary N) is 1. The molecule has 4 rings (SSSR count). The Morgan fingerprint density at radius 2 is 2.00 bits per heavy atom. The third-order valence-corrected chi connectivity index (χ3v) is 7.06. The molecule has 0 unspecified atom stereocenters. The van der Waals surface area contributed by atoms with Crippen LogP contribution in [-0.2, 0) is 16.6 Å². The second-order valence-electron chi connectivity index (χ2n) is 5.90. The van der Waals surface area contributed by atoms with E-state index in [0.717, 1.165) is 11.4 Å². The minimum atomic E-state index is -3.53. The molecule has 1 saturated heterocycles. The van der Waals surface area contributed by atoms with Crippen LogP contribution in [0.2, 0.25) is 0 Å². The van der Waals surface area contributed by atoms with E-state index in [9.17, 15) is 8.42 Å². The third-order valence-electron chi connectivity index (χ3n) is 4.31. The van der Waals surface area contributed by atoms with E-state index < -0.39 is 10.0 Å². The molecule has 3 N–H and O–H groups in total. The summed E-state index contributed by atoms with van der Waals surface area (Å²) in [5, 5.41) is 1.19. The molecule has 3 aromatic rings. The molecule has 140 valence electrons. The van der Waals surface area contributed by atoms with Crippen LogP contribution >= 0.6 is 23.7 Å². The molecule has 11 heteroatoms. The number of nitrogen functional groups attached to an aromatic ring is 1. The Morgan fingerprint density at radius 1 is 1.23 bits per heavy atom. The lowest BCUT2D eigenvalue weighted by Crippen LogP contribution is -2.48. The van der Waals surface area contributed by atoms with Crippen molar-refractivity contribution in [3.8, 4) is 0 Å². The van der Waals surface area contributed by atoms with Crippen molar-refractivity contribution in [2.75, 3.05) is 31.9 Å². The van der Waals surface area contributed by atoms with Crippen molar-refractivity contribution in [1.29, 1.82) is 0 Å². The fourth-order valence-electron chi connectivity index (χ4n) is 3.03. The summed E-state index contributed by atoms with van der Waals surface area (Å²) in [5.74, 6) is 0. The van der Waals surface area contributed by atoms with Crippen LogP contribution in [0.1, 0.15) is 4.88 Å². The highest BCUT2D eigenvalue weighted by molar-refractivity contribution is 7.89. The summed E-state index contributed by atoms with van der Waals surface area (Å²) in [4.78, 5) is 14.7. The Labute approximate surface area is 161 Å². The second kappa shape index (κ2) is 7.49. The predicted molar refractivity (Wildman–Crippen MR) is 104 cm³/mol. The van der Waals surface area contributed by atoms with E-state index in [1.807, 2.05) is 0 Å². The number of nitrogens with zero attached hydrogens (tertiary/aromatic N) is 4. The first-order chi connectivity index (χ1) is 12.0. The first-order valence-electron chi connectivity index (χ1n) is 7.89. The Kier molecular flexibility index (Phi) is 5.49. The highest BCUT2D eigenvalue weighted by Gasteiger charge is 2.30. The molecular formula is C15H19ClN6O2S2. The van der Waals surface area contributed by atoms with Crippen LogP contribution in [0.4, 0.5) is 5.13 Å². The molecule has 0 spiro atoms. The first kappa shape index (κ1) is 19.1. The quantitative estimate of drug-likeness (QED) is 0.670. The van der Waals surface area contributed by atoms with Crippen molar-refractivity contribution in [2.24, 2.45) is 0 Å². The molecule has 0 aliphatic carbocycles. The number of rotatable bonds is 4. The van der Waals surface area contributed by atoms with Gasteiger partial charge in [0.05, 0.1) is 0 Å². The normalized spacial score (nSPS) is 16.6. The Bertz CT molecular complexity index is 994. The molecule has 8 nitrogen and oxygen atoms in total. The van der Waals surface area contributed by atoms with Crippen molar-refractivity contribution in [3.05, 3.63) is 35.6 Å². The standard InChI is InChI=1S/C15H18N6O2S2.ClH/c16-15-19-8-11(24-15)10-20-4-6-21(7-5-20)25(22,23)13-9-18-14-12(13)2-1-3-17-14;/h1-3,8-9H,4-7,10H2,(H2,16,19)(H,17,18);1H. The van der Waals surface area contributed by atoms with Gasteiger partial charge in [-0.05, 0) is 12.1 Å². The smallest absolute Gasteiger partial charge is 0.245 e. The molecule has 0 atom stereocenters. The van der Waals surface area contributed by atoms with Crippen molar-refractivity contribution < 1.29 is 8.42 Å². The lowest BCUT2D eigenvalue weighted by molar-refractivity contribution is 0.183. The number of piperazine rings is 1. The molecule has 26 heavy (non-hydrogen) atoms. The van der Waals surface area contributed by atoms with E-state index in [0.29, 0.717) is 47.2 Å². The highest BCUT2D eigenvalue weighted by atomic mass is 35.5. The Morgan fingerprint density at radius 3 is 2.69 bits per heavy atom. The molecule has 1 fully saturated rings. The zero-order chi connectivity index (χ0) is 17.4. The number of aromatic nitrogens is 3. The molecule has 1 aliphatic rings. The molecular weight excluding hydrogens is 396 g/mol. The summed E-state index contributed by atoms with van der Waals surface area (Å²) in [6, 6.07) is 3.52. The van der Waals surface area contributed by atoms with Crippen LogP contribution in [0.25, 0.3) is 11.0 Å². The second-order valence-corrected chi connectivity index (χ2v) is 8.95. The van der Waals surface area contributed by atoms with Gasteiger partial charge in [0.1, 0.15) is 10.5 Å². The van der Waals surface area contributed by atoms with Crippen LogP contribution in [0.5, 0.6) is 0 Å². The van der Waals surface area contributed by atoms with Gasteiger partial charge in [0.2, 0.25) is 10.0 Å². The number of pyridine rings is 1. The highest BCUT2D eigenvalue weighted by Crippen LogP contribution is 2.25. The van der Waals surface area contributed by atoms with E-state index in [4.69, 9.17) is 5.73 Å². The van der Waals surface area contributed by atoms with Gasteiger partial charge in [-0.1, -0.05) is 0 Å². The Hall–Kier alpha value is -1.72. The van der Waals surface area contributed by atoms with Gasteiger partial charge in [0, 0.05) is 61.6 Å². The maximum atomic E-state index is 13.0. The van der Waals surface area contributed by atoms with Crippen LogP contribution in [0.15, 0.2) is 35.6 Å². The number of aromatic amines is 1. The summed E-state index contributed by atoms with van der Waals surface area (Å²) in [6.45, 7) is 3.03. The van der Waals surface area contributed by atoms with Crippen molar-refractivity contribution >= 4 is 49.9 Å².